The van der Waals surface area contributed by atoms with Gasteiger partial charge in [0.05, 0.1) is 6.04 Å². The first kappa shape index (κ1) is 21.7. The van der Waals surface area contributed by atoms with Crippen molar-refractivity contribution >= 4 is 63.7 Å². The molecule has 2 fully saturated rings. The molecule has 26 heavy (non-hydrogen) atoms. The SMILES string of the molecule is Cl.Cl.O=C(NCc1csc2ccc(Cl)cc12)C1CC2(CCNCC2)CN1. The number of amides is 1. The Morgan fingerprint density at radius 1 is 1.31 bits per heavy atom. The summed E-state index contributed by atoms with van der Waals surface area (Å²) >= 11 is 7.79. The zero-order chi connectivity index (χ0) is 16.6. The predicted octanol–water partition coefficient (Wildman–Crippen LogP) is 3.75. The summed E-state index contributed by atoms with van der Waals surface area (Å²) in [4.78, 5) is 12.6. The van der Waals surface area contributed by atoms with Crippen LogP contribution in [-0.4, -0.2) is 31.6 Å². The molecule has 144 valence electrons. The van der Waals surface area contributed by atoms with Crippen LogP contribution in [0.3, 0.4) is 0 Å². The fraction of sp³-hybridized carbons (Fsp3) is 0.500. The van der Waals surface area contributed by atoms with E-state index in [1.807, 2.05) is 18.2 Å². The molecule has 2 aliphatic heterocycles. The number of carbonyl (C=O) groups excluding carboxylic acids is 1. The summed E-state index contributed by atoms with van der Waals surface area (Å²) in [5.41, 5.74) is 1.45. The van der Waals surface area contributed by atoms with Crippen molar-refractivity contribution in [3.05, 3.63) is 34.2 Å². The summed E-state index contributed by atoms with van der Waals surface area (Å²) in [6.45, 7) is 3.66. The molecule has 0 bridgehead atoms. The summed E-state index contributed by atoms with van der Waals surface area (Å²) in [5.74, 6) is 0.117. The van der Waals surface area contributed by atoms with E-state index in [0.29, 0.717) is 12.0 Å². The number of thiophene rings is 1. The summed E-state index contributed by atoms with van der Waals surface area (Å²) in [6, 6.07) is 5.86. The van der Waals surface area contributed by atoms with Gasteiger partial charge in [-0.2, -0.15) is 0 Å². The number of rotatable bonds is 3. The van der Waals surface area contributed by atoms with Crippen molar-refractivity contribution in [3.8, 4) is 0 Å². The average Bonchev–Trinajstić information content (AvgIpc) is 3.18. The molecular formula is C18H24Cl3N3OS. The van der Waals surface area contributed by atoms with E-state index >= 15 is 0 Å². The molecule has 0 aliphatic carbocycles. The first-order valence-electron chi connectivity index (χ1n) is 8.53. The first-order valence-corrected chi connectivity index (χ1v) is 9.78. The molecule has 0 radical (unpaired) electrons. The van der Waals surface area contributed by atoms with E-state index in [-0.39, 0.29) is 36.8 Å². The van der Waals surface area contributed by atoms with Gasteiger partial charge >= 0.3 is 0 Å². The highest BCUT2D eigenvalue weighted by atomic mass is 35.5. The van der Waals surface area contributed by atoms with Crippen molar-refractivity contribution in [3.63, 3.8) is 0 Å². The van der Waals surface area contributed by atoms with Gasteiger partial charge in [0.25, 0.3) is 0 Å². The van der Waals surface area contributed by atoms with Gasteiger partial charge in [0.2, 0.25) is 5.91 Å². The number of hydrogen-bond acceptors (Lipinski definition) is 4. The molecule has 2 saturated heterocycles. The summed E-state index contributed by atoms with van der Waals surface area (Å²) < 4.78 is 1.20. The molecule has 2 aliphatic rings. The van der Waals surface area contributed by atoms with E-state index in [2.05, 4.69) is 21.3 Å². The molecule has 2 aromatic rings. The van der Waals surface area contributed by atoms with Crippen LogP contribution < -0.4 is 16.0 Å². The Kier molecular flexibility index (Phi) is 7.60. The Labute approximate surface area is 175 Å². The molecular weight excluding hydrogens is 413 g/mol. The van der Waals surface area contributed by atoms with Crippen molar-refractivity contribution in [1.82, 2.24) is 16.0 Å². The molecule has 4 rings (SSSR count). The summed E-state index contributed by atoms with van der Waals surface area (Å²) in [7, 11) is 0. The molecule has 1 amide bonds. The van der Waals surface area contributed by atoms with Gasteiger partial charge in [0.1, 0.15) is 0 Å². The van der Waals surface area contributed by atoms with Crippen molar-refractivity contribution in [2.24, 2.45) is 5.41 Å². The van der Waals surface area contributed by atoms with Crippen LogP contribution in [0.15, 0.2) is 23.6 Å². The first-order chi connectivity index (χ1) is 11.7. The molecule has 1 spiro atoms. The van der Waals surface area contributed by atoms with Crippen molar-refractivity contribution < 1.29 is 4.79 Å². The third-order valence-electron chi connectivity index (χ3n) is 5.41. The Bertz CT molecular complexity index is 761. The second-order valence-electron chi connectivity index (χ2n) is 7.01. The lowest BCUT2D eigenvalue weighted by Crippen LogP contribution is -2.40. The maximum absolute atomic E-state index is 12.6. The largest absolute Gasteiger partial charge is 0.351 e. The van der Waals surface area contributed by atoms with Gasteiger partial charge in [0, 0.05) is 22.8 Å². The molecule has 1 aromatic carbocycles. The fourth-order valence-corrected chi connectivity index (χ4v) is 5.05. The van der Waals surface area contributed by atoms with Crippen LogP contribution in [0.5, 0.6) is 0 Å². The van der Waals surface area contributed by atoms with E-state index in [0.717, 1.165) is 54.9 Å². The molecule has 1 unspecified atom stereocenters. The zero-order valence-electron chi connectivity index (χ0n) is 14.3. The average molecular weight is 437 g/mol. The number of carbonyl (C=O) groups is 1. The predicted molar refractivity (Wildman–Crippen MR) is 114 cm³/mol. The smallest absolute Gasteiger partial charge is 0.237 e. The zero-order valence-corrected chi connectivity index (χ0v) is 17.6. The fourth-order valence-electron chi connectivity index (χ4n) is 3.94. The number of benzene rings is 1. The van der Waals surface area contributed by atoms with E-state index < -0.39 is 0 Å². The Morgan fingerprint density at radius 3 is 2.85 bits per heavy atom. The van der Waals surface area contributed by atoms with Gasteiger partial charge in [-0.15, -0.1) is 36.2 Å². The molecule has 1 atom stereocenters. The molecule has 3 heterocycles. The van der Waals surface area contributed by atoms with Crippen LogP contribution >= 0.6 is 47.8 Å². The maximum Gasteiger partial charge on any atom is 0.237 e. The highest BCUT2D eigenvalue weighted by Gasteiger charge is 2.41. The van der Waals surface area contributed by atoms with E-state index in [4.69, 9.17) is 11.6 Å². The molecule has 8 heteroatoms. The second kappa shape index (κ2) is 9.09. The van der Waals surface area contributed by atoms with Crippen LogP contribution in [0, 0.1) is 5.41 Å². The van der Waals surface area contributed by atoms with Gasteiger partial charge in [-0.25, -0.2) is 0 Å². The minimum absolute atomic E-state index is 0. The lowest BCUT2D eigenvalue weighted by atomic mass is 9.77. The monoisotopic (exact) mass is 435 g/mol. The van der Waals surface area contributed by atoms with Crippen molar-refractivity contribution in [2.45, 2.75) is 31.8 Å². The van der Waals surface area contributed by atoms with Gasteiger partial charge in [0.15, 0.2) is 0 Å². The number of nitrogens with one attached hydrogen (secondary N) is 3. The number of halogens is 3. The van der Waals surface area contributed by atoms with Gasteiger partial charge in [-0.3, -0.25) is 4.79 Å². The Hall–Kier alpha value is -0.560. The van der Waals surface area contributed by atoms with Crippen molar-refractivity contribution in [1.29, 1.82) is 0 Å². The minimum atomic E-state index is -0.0587. The van der Waals surface area contributed by atoms with Gasteiger partial charge in [-0.1, -0.05) is 11.6 Å². The number of piperidine rings is 1. The third kappa shape index (κ3) is 4.46. The van der Waals surface area contributed by atoms with E-state index in [1.54, 1.807) is 11.3 Å². The van der Waals surface area contributed by atoms with Crippen molar-refractivity contribution in [2.75, 3.05) is 19.6 Å². The quantitative estimate of drug-likeness (QED) is 0.687. The standard InChI is InChI=1S/C18H22ClN3OS.2ClH/c19-13-1-2-16-14(7-13)12(10-24-16)9-21-17(23)15-8-18(11-22-15)3-5-20-6-4-18;;/h1-2,7,10,15,20,22H,3-6,8-9,11H2,(H,21,23);2*1H. The maximum atomic E-state index is 12.6. The number of hydrogen-bond donors (Lipinski definition) is 3. The van der Waals surface area contributed by atoms with E-state index in [1.165, 1.54) is 4.70 Å². The normalized spacial score (nSPS) is 21.2. The second-order valence-corrected chi connectivity index (χ2v) is 8.35. The van der Waals surface area contributed by atoms with Crippen LogP contribution in [0.4, 0.5) is 0 Å². The van der Waals surface area contributed by atoms with Crippen LogP contribution in [0.2, 0.25) is 5.02 Å². The van der Waals surface area contributed by atoms with Crippen LogP contribution in [0.25, 0.3) is 10.1 Å². The molecule has 0 saturated carbocycles. The Morgan fingerprint density at radius 2 is 2.08 bits per heavy atom. The topological polar surface area (TPSA) is 53.2 Å². The third-order valence-corrected chi connectivity index (χ3v) is 6.66. The van der Waals surface area contributed by atoms with E-state index in [9.17, 15) is 4.79 Å². The molecule has 1 aromatic heterocycles. The highest BCUT2D eigenvalue weighted by molar-refractivity contribution is 7.17. The van der Waals surface area contributed by atoms with Crippen LogP contribution in [0.1, 0.15) is 24.8 Å². The Balaban J connectivity index is 0.00000121. The molecule has 3 N–H and O–H groups in total. The van der Waals surface area contributed by atoms with Crippen LogP contribution in [-0.2, 0) is 11.3 Å². The minimum Gasteiger partial charge on any atom is -0.351 e. The number of fused-ring (bicyclic) bond motifs is 1. The lowest BCUT2D eigenvalue weighted by molar-refractivity contribution is -0.123. The summed E-state index contributed by atoms with van der Waals surface area (Å²) in [5, 5.41) is 13.9. The highest BCUT2D eigenvalue weighted by Crippen LogP contribution is 2.37. The lowest BCUT2D eigenvalue weighted by Gasteiger charge is -2.33. The van der Waals surface area contributed by atoms with Gasteiger partial charge in [-0.05, 0) is 72.3 Å². The molecule has 4 nitrogen and oxygen atoms in total. The van der Waals surface area contributed by atoms with Gasteiger partial charge < -0.3 is 16.0 Å². The summed E-state index contributed by atoms with van der Waals surface area (Å²) in [6.07, 6.45) is 3.28.